The fraction of sp³-hybridized carbons (Fsp3) is 0.118. The van der Waals surface area contributed by atoms with Crippen LogP contribution in [0.2, 0.25) is 0 Å². The molecule has 1 radical (unpaired) electrons. The molecular formula is C34H27IrN3S. The molecule has 3 heterocycles. The van der Waals surface area contributed by atoms with E-state index in [4.69, 9.17) is 0 Å². The van der Waals surface area contributed by atoms with Gasteiger partial charge in [-0.15, -0.1) is 47.3 Å². The smallest absolute Gasteiger partial charge is 0.305 e. The van der Waals surface area contributed by atoms with Crippen molar-refractivity contribution < 1.29 is 24.7 Å². The van der Waals surface area contributed by atoms with Crippen molar-refractivity contribution in [3.05, 3.63) is 121 Å². The molecule has 0 atom stereocenters. The van der Waals surface area contributed by atoms with E-state index in [1.165, 1.54) is 38.0 Å². The van der Waals surface area contributed by atoms with E-state index in [0.29, 0.717) is 0 Å². The van der Waals surface area contributed by atoms with Crippen molar-refractivity contribution in [1.29, 1.82) is 0 Å². The number of hydrogen-bond acceptors (Lipinski definition) is 2. The zero-order valence-electron chi connectivity index (χ0n) is 21.6. The quantitative estimate of drug-likeness (QED) is 0.130. The monoisotopic (exact) mass is 702 g/mol. The summed E-state index contributed by atoms with van der Waals surface area (Å²) < 4.78 is 7.01. The predicted octanol–water partition coefficient (Wildman–Crippen LogP) is 8.87. The number of para-hydroxylation sites is 2. The van der Waals surface area contributed by atoms with E-state index in [9.17, 15) is 0 Å². The molecule has 0 bridgehead atoms. The summed E-state index contributed by atoms with van der Waals surface area (Å²) in [6, 6.07) is 45.3. The van der Waals surface area contributed by atoms with E-state index in [-0.39, 0.29) is 20.1 Å². The first-order chi connectivity index (χ1) is 18.8. The van der Waals surface area contributed by atoms with E-state index in [1.807, 2.05) is 53.8 Å². The number of benzene rings is 4. The summed E-state index contributed by atoms with van der Waals surface area (Å²) in [6.45, 7) is 3.22. The molecule has 0 N–H and O–H groups in total. The van der Waals surface area contributed by atoms with Crippen LogP contribution in [0.4, 0.5) is 17.1 Å². The SMILES string of the molecule is CCCC[N+]1=C=[N+](c2[c-]cc3c(c2)sc2ccccc23)c2ccccc21.[Ir].[c-]1ccccc1-c1ccccn1. The summed E-state index contributed by atoms with van der Waals surface area (Å²) in [5, 5.41) is 2.60. The molecule has 0 saturated heterocycles. The Labute approximate surface area is 246 Å². The molecule has 0 saturated carbocycles. The molecule has 0 aliphatic carbocycles. The number of fused-ring (bicyclic) bond motifs is 4. The summed E-state index contributed by atoms with van der Waals surface area (Å²) in [5.74, 6) is 0. The Morgan fingerprint density at radius 1 is 0.821 bits per heavy atom. The van der Waals surface area contributed by atoms with Crippen molar-refractivity contribution in [2.24, 2.45) is 0 Å². The van der Waals surface area contributed by atoms with Gasteiger partial charge in [-0.3, -0.25) is 0 Å². The van der Waals surface area contributed by atoms with Gasteiger partial charge in [0, 0.05) is 49.6 Å². The Bertz CT molecular complexity index is 1750. The molecule has 6 aromatic rings. The molecule has 1 aliphatic heterocycles. The van der Waals surface area contributed by atoms with Gasteiger partial charge in [0.05, 0.1) is 0 Å². The Kier molecular flexibility index (Phi) is 8.56. The van der Waals surface area contributed by atoms with Crippen LogP contribution in [0, 0.1) is 12.1 Å². The minimum atomic E-state index is 0. The van der Waals surface area contributed by atoms with Crippen molar-refractivity contribution >= 4 is 54.6 Å². The van der Waals surface area contributed by atoms with Crippen LogP contribution in [0.5, 0.6) is 0 Å². The van der Waals surface area contributed by atoms with Gasteiger partial charge in [0.2, 0.25) is 0 Å². The molecule has 2 aromatic heterocycles. The third kappa shape index (κ3) is 5.68. The number of rotatable bonds is 5. The third-order valence-corrected chi connectivity index (χ3v) is 7.69. The molecule has 3 nitrogen and oxygen atoms in total. The predicted molar refractivity (Wildman–Crippen MR) is 159 cm³/mol. The second-order valence-electron chi connectivity index (χ2n) is 9.11. The molecule has 0 fully saturated rings. The van der Waals surface area contributed by atoms with E-state index >= 15 is 0 Å². The van der Waals surface area contributed by atoms with Crippen LogP contribution in [-0.4, -0.2) is 22.1 Å². The van der Waals surface area contributed by atoms with Gasteiger partial charge < -0.3 is 4.98 Å². The van der Waals surface area contributed by atoms with Gasteiger partial charge in [-0.05, 0) is 17.8 Å². The molecule has 0 amide bonds. The first-order valence-electron chi connectivity index (χ1n) is 13.0. The molecular weight excluding hydrogens is 675 g/mol. The number of aromatic nitrogens is 1. The van der Waals surface area contributed by atoms with Gasteiger partial charge in [-0.25, -0.2) is 0 Å². The number of nitrogens with zero attached hydrogens (tertiary/aromatic N) is 3. The molecule has 1 aliphatic rings. The van der Waals surface area contributed by atoms with Crippen LogP contribution >= 0.6 is 11.3 Å². The maximum atomic E-state index is 4.22. The molecule has 0 spiro atoms. The maximum absolute atomic E-state index is 4.22. The Balaban J connectivity index is 0.000000200. The van der Waals surface area contributed by atoms with Crippen LogP contribution in [-0.2, 0) is 20.1 Å². The van der Waals surface area contributed by atoms with Crippen LogP contribution in [0.3, 0.4) is 0 Å². The van der Waals surface area contributed by atoms with Gasteiger partial charge in [0.15, 0.2) is 6.54 Å². The van der Waals surface area contributed by atoms with Gasteiger partial charge >= 0.3 is 6.01 Å². The second kappa shape index (κ2) is 12.4. The number of unbranched alkanes of at least 4 members (excludes halogenated alkanes) is 1. The molecule has 5 heteroatoms. The van der Waals surface area contributed by atoms with Crippen molar-refractivity contribution in [1.82, 2.24) is 9.56 Å². The van der Waals surface area contributed by atoms with Gasteiger partial charge in [-0.1, -0.05) is 81.1 Å². The Hall–Kier alpha value is -3.72. The standard InChI is InChI=1S/C23H19N2S.C11H8N.Ir/c1-2-3-14-24-16-25(21-10-6-5-9-20(21)24)17-12-13-19-18-8-4-7-11-22(18)26-23(19)15-17;1-2-6-10(7-3-1)11-8-4-5-9-12-11;/h4-11,13,15H,2-3,14H2,1H3;1-6,8-9H;/q+1;-1;. The minimum absolute atomic E-state index is 0. The first-order valence-corrected chi connectivity index (χ1v) is 13.8. The molecule has 4 aromatic carbocycles. The van der Waals surface area contributed by atoms with Crippen LogP contribution in [0.1, 0.15) is 19.8 Å². The summed E-state index contributed by atoms with van der Waals surface area (Å²) in [5.41, 5.74) is 5.47. The van der Waals surface area contributed by atoms with Crippen LogP contribution in [0.15, 0.2) is 109 Å². The minimum Gasteiger partial charge on any atom is -0.305 e. The van der Waals surface area contributed by atoms with E-state index < -0.39 is 0 Å². The van der Waals surface area contributed by atoms with Crippen molar-refractivity contribution in [3.8, 4) is 11.3 Å². The topological polar surface area (TPSA) is 18.9 Å². The fourth-order valence-corrected chi connectivity index (χ4v) is 5.76. The van der Waals surface area contributed by atoms with Crippen molar-refractivity contribution in [3.63, 3.8) is 0 Å². The fourth-order valence-electron chi connectivity index (χ4n) is 4.64. The molecule has 193 valence electrons. The van der Waals surface area contributed by atoms with Gasteiger partial charge in [-0.2, -0.15) is 17.4 Å². The van der Waals surface area contributed by atoms with Crippen molar-refractivity contribution in [2.45, 2.75) is 19.8 Å². The van der Waals surface area contributed by atoms with Crippen LogP contribution < -0.4 is 4.58 Å². The normalized spacial score (nSPS) is 11.7. The van der Waals surface area contributed by atoms with E-state index in [1.54, 1.807) is 6.20 Å². The van der Waals surface area contributed by atoms with Gasteiger partial charge in [0.25, 0.3) is 11.4 Å². The zero-order valence-corrected chi connectivity index (χ0v) is 24.8. The Morgan fingerprint density at radius 2 is 1.62 bits per heavy atom. The summed E-state index contributed by atoms with van der Waals surface area (Å²) in [4.78, 5) is 4.22. The number of hydrogen-bond donors (Lipinski definition) is 0. The van der Waals surface area contributed by atoms with Crippen LogP contribution in [0.25, 0.3) is 31.4 Å². The maximum Gasteiger partial charge on any atom is 0.494 e. The largest absolute Gasteiger partial charge is 0.494 e. The third-order valence-electron chi connectivity index (χ3n) is 6.56. The first kappa shape index (κ1) is 26.9. The van der Waals surface area contributed by atoms with E-state index in [2.05, 4.69) is 99.9 Å². The molecule has 7 rings (SSSR count). The number of pyridine rings is 1. The average Bonchev–Trinajstić information content (AvgIpc) is 3.55. The second-order valence-corrected chi connectivity index (χ2v) is 10.2. The zero-order chi connectivity index (χ0) is 25.7. The van der Waals surface area contributed by atoms with E-state index in [0.717, 1.165) is 29.9 Å². The average molecular weight is 702 g/mol. The van der Waals surface area contributed by atoms with Crippen molar-refractivity contribution in [2.75, 3.05) is 6.54 Å². The summed E-state index contributed by atoms with van der Waals surface area (Å²) >= 11 is 1.84. The molecule has 39 heavy (non-hydrogen) atoms. The summed E-state index contributed by atoms with van der Waals surface area (Å²) in [7, 11) is 0. The number of thiophene rings is 1. The summed E-state index contributed by atoms with van der Waals surface area (Å²) in [6.07, 6.45) is 4.13. The molecule has 0 unspecified atom stereocenters. The van der Waals surface area contributed by atoms with Gasteiger partial charge in [0.1, 0.15) is 5.69 Å². The Morgan fingerprint density at radius 3 is 2.41 bits per heavy atom.